The van der Waals surface area contributed by atoms with Gasteiger partial charge in [0.05, 0.1) is 4.90 Å². The summed E-state index contributed by atoms with van der Waals surface area (Å²) in [5.41, 5.74) is 0. The van der Waals surface area contributed by atoms with E-state index in [-0.39, 0.29) is 4.90 Å². The number of rotatable bonds is 1. The van der Waals surface area contributed by atoms with E-state index in [1.54, 1.807) is 29.5 Å². The molecule has 0 spiro atoms. The summed E-state index contributed by atoms with van der Waals surface area (Å²) in [6, 6.07) is 16.4. The third-order valence-electron chi connectivity index (χ3n) is 3.33. The second-order valence-electron chi connectivity index (χ2n) is 4.85. The van der Waals surface area contributed by atoms with Crippen molar-refractivity contribution in [3.8, 4) is 0 Å². The summed E-state index contributed by atoms with van der Waals surface area (Å²) in [5.74, 6) is 0. The number of sulfonamides is 1. The highest BCUT2D eigenvalue weighted by Crippen LogP contribution is 2.28. The van der Waals surface area contributed by atoms with E-state index in [1.165, 1.54) is 33.0 Å². The molecule has 23 heavy (non-hydrogen) atoms. The SMILES string of the molecule is NS(=O)(=O)c1ccccc1.c1cc2ccc3sccc3c2cn1. The Balaban J connectivity index is 0.000000142. The Bertz CT molecular complexity index is 1040. The molecule has 2 aromatic carbocycles. The van der Waals surface area contributed by atoms with Gasteiger partial charge in [-0.05, 0) is 41.1 Å². The molecule has 116 valence electrons. The van der Waals surface area contributed by atoms with Crippen LogP contribution >= 0.6 is 11.3 Å². The van der Waals surface area contributed by atoms with Crippen LogP contribution in [0.25, 0.3) is 20.9 Å². The average Bonchev–Trinajstić information content (AvgIpc) is 3.05. The van der Waals surface area contributed by atoms with Gasteiger partial charge in [0, 0.05) is 27.9 Å². The fraction of sp³-hybridized carbons (Fsp3) is 0. The summed E-state index contributed by atoms with van der Waals surface area (Å²) < 4.78 is 22.6. The topological polar surface area (TPSA) is 73.1 Å². The van der Waals surface area contributed by atoms with Crippen LogP contribution < -0.4 is 5.14 Å². The normalized spacial score (nSPS) is 11.2. The maximum absolute atomic E-state index is 10.6. The molecular formula is C17H14N2O2S2. The first-order valence-electron chi connectivity index (χ1n) is 6.83. The third-order valence-corrected chi connectivity index (χ3v) is 5.14. The Labute approximate surface area is 138 Å². The molecule has 0 saturated heterocycles. The molecule has 2 heterocycles. The van der Waals surface area contributed by atoms with Crippen molar-refractivity contribution in [3.05, 3.63) is 72.4 Å². The maximum atomic E-state index is 10.6. The Morgan fingerprint density at radius 1 is 0.913 bits per heavy atom. The minimum Gasteiger partial charge on any atom is -0.264 e. The van der Waals surface area contributed by atoms with Crippen molar-refractivity contribution >= 4 is 42.2 Å². The molecule has 0 fully saturated rings. The van der Waals surface area contributed by atoms with E-state index in [2.05, 4.69) is 28.6 Å². The van der Waals surface area contributed by atoms with Gasteiger partial charge < -0.3 is 0 Å². The molecule has 6 heteroatoms. The molecular weight excluding hydrogens is 328 g/mol. The molecule has 0 atom stereocenters. The monoisotopic (exact) mass is 342 g/mol. The van der Waals surface area contributed by atoms with Gasteiger partial charge in [0.2, 0.25) is 10.0 Å². The lowest BCUT2D eigenvalue weighted by Gasteiger charge is -1.96. The average molecular weight is 342 g/mol. The number of primary sulfonamides is 1. The molecule has 0 unspecified atom stereocenters. The van der Waals surface area contributed by atoms with Crippen LogP contribution in [0.15, 0.2) is 77.3 Å². The van der Waals surface area contributed by atoms with Gasteiger partial charge in [-0.1, -0.05) is 24.3 Å². The van der Waals surface area contributed by atoms with Crippen LogP contribution in [0.3, 0.4) is 0 Å². The number of thiophene rings is 1. The smallest absolute Gasteiger partial charge is 0.238 e. The predicted octanol–water partition coefficient (Wildman–Crippen LogP) is 3.78. The minimum absolute atomic E-state index is 0.148. The first-order valence-corrected chi connectivity index (χ1v) is 9.26. The minimum atomic E-state index is -3.50. The number of hydrogen-bond donors (Lipinski definition) is 1. The van der Waals surface area contributed by atoms with E-state index in [0.29, 0.717) is 0 Å². The van der Waals surface area contributed by atoms with Gasteiger partial charge in [-0.15, -0.1) is 11.3 Å². The molecule has 0 aliphatic rings. The molecule has 2 N–H and O–H groups in total. The fourth-order valence-corrected chi connectivity index (χ4v) is 3.56. The molecule has 0 saturated carbocycles. The van der Waals surface area contributed by atoms with Crippen molar-refractivity contribution in [1.29, 1.82) is 0 Å². The maximum Gasteiger partial charge on any atom is 0.238 e. The molecule has 0 amide bonds. The lowest BCUT2D eigenvalue weighted by atomic mass is 10.1. The molecule has 2 aromatic heterocycles. The van der Waals surface area contributed by atoms with Crippen LogP contribution in [-0.2, 0) is 10.0 Å². The van der Waals surface area contributed by atoms with Gasteiger partial charge in [-0.3, -0.25) is 4.98 Å². The van der Waals surface area contributed by atoms with Crippen LogP contribution in [0.5, 0.6) is 0 Å². The molecule has 0 bridgehead atoms. The summed E-state index contributed by atoms with van der Waals surface area (Å²) in [5, 5.41) is 10.8. The van der Waals surface area contributed by atoms with Crippen molar-refractivity contribution in [2.45, 2.75) is 4.90 Å². The third kappa shape index (κ3) is 3.56. The van der Waals surface area contributed by atoms with Crippen LogP contribution in [0, 0.1) is 0 Å². The predicted molar refractivity (Wildman–Crippen MR) is 94.9 cm³/mol. The van der Waals surface area contributed by atoms with Crippen molar-refractivity contribution < 1.29 is 8.42 Å². The summed E-state index contributed by atoms with van der Waals surface area (Å²) in [7, 11) is -3.50. The number of hydrogen-bond acceptors (Lipinski definition) is 4. The molecule has 4 rings (SSSR count). The van der Waals surface area contributed by atoms with E-state index in [0.717, 1.165) is 0 Å². The van der Waals surface area contributed by atoms with Crippen molar-refractivity contribution in [2.24, 2.45) is 5.14 Å². The van der Waals surface area contributed by atoms with E-state index < -0.39 is 10.0 Å². The standard InChI is InChI=1S/C11H7NS.C6H7NO2S/c1-2-11-9(4-6-13-11)10-7-12-5-3-8(1)10;7-10(8,9)6-4-2-1-3-5-6/h1-7H;1-5H,(H2,7,8,9). The fourth-order valence-electron chi connectivity index (χ4n) is 2.22. The zero-order chi connectivity index (χ0) is 16.3. The second-order valence-corrected chi connectivity index (χ2v) is 7.36. The van der Waals surface area contributed by atoms with Crippen LogP contribution in [0.1, 0.15) is 0 Å². The highest BCUT2D eigenvalue weighted by atomic mass is 32.2. The molecule has 0 aliphatic carbocycles. The molecule has 0 aliphatic heterocycles. The Morgan fingerprint density at radius 2 is 1.70 bits per heavy atom. The Hall–Kier alpha value is -2.28. The van der Waals surface area contributed by atoms with Gasteiger partial charge in [-0.25, -0.2) is 13.6 Å². The van der Waals surface area contributed by atoms with Gasteiger partial charge >= 0.3 is 0 Å². The molecule has 4 aromatic rings. The van der Waals surface area contributed by atoms with E-state index in [9.17, 15) is 8.42 Å². The van der Waals surface area contributed by atoms with E-state index >= 15 is 0 Å². The van der Waals surface area contributed by atoms with Crippen LogP contribution in [0.4, 0.5) is 0 Å². The second kappa shape index (κ2) is 6.45. The van der Waals surface area contributed by atoms with Crippen LogP contribution in [0.2, 0.25) is 0 Å². The van der Waals surface area contributed by atoms with Gasteiger partial charge in [0.1, 0.15) is 0 Å². The zero-order valence-corrected chi connectivity index (χ0v) is 13.7. The first-order chi connectivity index (χ1) is 11.1. The van der Waals surface area contributed by atoms with Gasteiger partial charge in [0.25, 0.3) is 0 Å². The number of benzene rings is 2. The lowest BCUT2D eigenvalue weighted by molar-refractivity contribution is 0.598. The zero-order valence-electron chi connectivity index (χ0n) is 12.1. The van der Waals surface area contributed by atoms with Crippen molar-refractivity contribution in [1.82, 2.24) is 4.98 Å². The van der Waals surface area contributed by atoms with Crippen molar-refractivity contribution in [2.75, 3.05) is 0 Å². The van der Waals surface area contributed by atoms with Crippen molar-refractivity contribution in [3.63, 3.8) is 0 Å². The molecule has 4 nitrogen and oxygen atoms in total. The summed E-state index contributed by atoms with van der Waals surface area (Å²) in [4.78, 5) is 4.30. The van der Waals surface area contributed by atoms with E-state index in [4.69, 9.17) is 5.14 Å². The Morgan fingerprint density at radius 3 is 2.39 bits per heavy atom. The first kappa shape index (κ1) is 15.6. The number of nitrogens with zero attached hydrogens (tertiary/aromatic N) is 1. The largest absolute Gasteiger partial charge is 0.264 e. The van der Waals surface area contributed by atoms with Crippen LogP contribution in [-0.4, -0.2) is 13.4 Å². The highest BCUT2D eigenvalue weighted by molar-refractivity contribution is 7.89. The van der Waals surface area contributed by atoms with Gasteiger partial charge in [-0.2, -0.15) is 0 Å². The molecule has 0 radical (unpaired) electrons. The lowest BCUT2D eigenvalue weighted by Crippen LogP contribution is -2.11. The van der Waals surface area contributed by atoms with Gasteiger partial charge in [0.15, 0.2) is 0 Å². The summed E-state index contributed by atoms with van der Waals surface area (Å²) in [6.07, 6.45) is 3.77. The number of aromatic nitrogens is 1. The summed E-state index contributed by atoms with van der Waals surface area (Å²) >= 11 is 1.77. The number of nitrogens with two attached hydrogens (primary N) is 1. The quantitative estimate of drug-likeness (QED) is 0.572. The summed E-state index contributed by atoms with van der Waals surface area (Å²) in [6.45, 7) is 0. The Kier molecular flexibility index (Phi) is 4.38. The number of fused-ring (bicyclic) bond motifs is 3. The highest BCUT2D eigenvalue weighted by Gasteiger charge is 2.03. The number of pyridine rings is 1. The van der Waals surface area contributed by atoms with E-state index in [1.807, 2.05) is 18.5 Å².